The molecule has 2 saturated heterocycles. The van der Waals surface area contributed by atoms with Gasteiger partial charge in [-0.05, 0) is 43.9 Å². The minimum Gasteiger partial charge on any atom is -0.409 e. The molecule has 0 amide bonds. The van der Waals surface area contributed by atoms with E-state index in [1.807, 2.05) is 18.2 Å². The van der Waals surface area contributed by atoms with E-state index in [0.29, 0.717) is 12.1 Å². The molecule has 3 rings (SSSR count). The van der Waals surface area contributed by atoms with Crippen LogP contribution in [-0.4, -0.2) is 34.3 Å². The molecular weight excluding hydrogens is 322 g/mol. The second kappa shape index (κ2) is 5.26. The lowest BCUT2D eigenvalue weighted by molar-refractivity contribution is 0.126. The zero-order valence-corrected chi connectivity index (χ0v) is 12.6. The maximum atomic E-state index is 9.90. The Bertz CT molecular complexity index is 535. The lowest BCUT2D eigenvalue weighted by atomic mass is 9.97. The van der Waals surface area contributed by atoms with Crippen molar-refractivity contribution in [1.82, 2.24) is 0 Å². The highest BCUT2D eigenvalue weighted by molar-refractivity contribution is 9.10. The van der Waals surface area contributed by atoms with Crippen LogP contribution in [0, 0.1) is 0 Å². The quantitative estimate of drug-likeness (QED) is 0.333. The Balaban J connectivity index is 2.03. The summed E-state index contributed by atoms with van der Waals surface area (Å²) in [5.74, 6) is 0.117. The summed E-state index contributed by atoms with van der Waals surface area (Å²) in [6, 6.07) is 6.52. The molecule has 1 aromatic rings. The summed E-state index contributed by atoms with van der Waals surface area (Å²) in [7, 11) is 0. The zero-order valence-electron chi connectivity index (χ0n) is 11.0. The number of oxime groups is 1. The van der Waals surface area contributed by atoms with Gasteiger partial charge in [0.25, 0.3) is 0 Å². The van der Waals surface area contributed by atoms with Crippen molar-refractivity contribution in [1.29, 1.82) is 0 Å². The summed E-state index contributed by atoms with van der Waals surface area (Å²) in [6.07, 6.45) is 3.57. The van der Waals surface area contributed by atoms with Crippen LogP contribution in [0.15, 0.2) is 27.8 Å². The minimum atomic E-state index is -0.202. The Morgan fingerprint density at radius 1 is 1.30 bits per heavy atom. The van der Waals surface area contributed by atoms with Crippen LogP contribution >= 0.6 is 15.9 Å². The molecule has 2 unspecified atom stereocenters. The number of rotatable bonds is 2. The Hall–Kier alpha value is -1.27. The number of anilines is 1. The number of nitrogens with two attached hydrogens (primary N) is 1. The number of aliphatic hydroxyl groups is 1. The van der Waals surface area contributed by atoms with Crippen molar-refractivity contribution in [3.63, 3.8) is 0 Å². The first kappa shape index (κ1) is 13.7. The van der Waals surface area contributed by atoms with Gasteiger partial charge in [-0.15, -0.1) is 0 Å². The van der Waals surface area contributed by atoms with Gasteiger partial charge in [0.1, 0.15) is 0 Å². The Morgan fingerprint density at radius 2 is 1.95 bits per heavy atom. The fourth-order valence-electron chi connectivity index (χ4n) is 3.53. The lowest BCUT2D eigenvalue weighted by Gasteiger charge is -2.40. The molecule has 2 atom stereocenters. The molecule has 4 N–H and O–H groups in total. The van der Waals surface area contributed by atoms with Crippen LogP contribution in [0.3, 0.4) is 0 Å². The third-order valence-electron chi connectivity index (χ3n) is 4.33. The zero-order chi connectivity index (χ0) is 14.3. The monoisotopic (exact) mass is 339 g/mol. The highest BCUT2D eigenvalue weighted by atomic mass is 79.9. The van der Waals surface area contributed by atoms with Gasteiger partial charge in [-0.3, -0.25) is 0 Å². The summed E-state index contributed by atoms with van der Waals surface area (Å²) < 4.78 is 0.896. The van der Waals surface area contributed by atoms with Crippen LogP contribution in [-0.2, 0) is 0 Å². The molecule has 0 saturated carbocycles. The number of halogens is 1. The van der Waals surface area contributed by atoms with E-state index in [2.05, 4.69) is 26.0 Å². The van der Waals surface area contributed by atoms with Gasteiger partial charge in [0.15, 0.2) is 5.84 Å². The number of benzene rings is 1. The van der Waals surface area contributed by atoms with Crippen molar-refractivity contribution in [2.45, 2.75) is 43.9 Å². The van der Waals surface area contributed by atoms with E-state index < -0.39 is 0 Å². The molecule has 0 radical (unpaired) electrons. The Kier molecular flexibility index (Phi) is 3.60. The van der Waals surface area contributed by atoms with Crippen LogP contribution in [0.4, 0.5) is 5.69 Å². The van der Waals surface area contributed by atoms with E-state index in [9.17, 15) is 5.11 Å². The summed E-state index contributed by atoms with van der Waals surface area (Å²) in [6.45, 7) is 0. The standard InChI is InChI=1S/C14H18BrN3O2/c15-8-1-4-13(12(5-8)14(16)17-20)18-9-2-3-10(18)7-11(19)6-9/h1,4-5,9-11,19-20H,2-3,6-7H2,(H2,16,17). The van der Waals surface area contributed by atoms with Crippen LogP contribution in [0.5, 0.6) is 0 Å². The third kappa shape index (κ3) is 2.27. The van der Waals surface area contributed by atoms with Gasteiger partial charge in [0.2, 0.25) is 0 Å². The summed E-state index contributed by atoms with van der Waals surface area (Å²) >= 11 is 3.42. The molecule has 0 aliphatic carbocycles. The maximum Gasteiger partial charge on any atom is 0.172 e. The molecular formula is C14H18BrN3O2. The maximum absolute atomic E-state index is 9.90. The first-order chi connectivity index (χ1) is 9.60. The van der Waals surface area contributed by atoms with E-state index in [4.69, 9.17) is 10.9 Å². The molecule has 0 aromatic heterocycles. The van der Waals surface area contributed by atoms with E-state index in [1.165, 1.54) is 0 Å². The van der Waals surface area contributed by atoms with Crippen molar-refractivity contribution < 1.29 is 10.3 Å². The molecule has 2 heterocycles. The predicted molar refractivity (Wildman–Crippen MR) is 81.2 cm³/mol. The third-order valence-corrected chi connectivity index (χ3v) is 4.82. The number of nitrogens with zero attached hydrogens (tertiary/aromatic N) is 2. The molecule has 6 heteroatoms. The van der Waals surface area contributed by atoms with Gasteiger partial charge in [0, 0.05) is 27.8 Å². The largest absolute Gasteiger partial charge is 0.409 e. The molecule has 2 fully saturated rings. The predicted octanol–water partition coefficient (Wildman–Crippen LogP) is 2.04. The second-order valence-corrected chi connectivity index (χ2v) is 6.48. The molecule has 0 spiro atoms. The normalized spacial score (nSPS) is 29.8. The van der Waals surface area contributed by atoms with Crippen molar-refractivity contribution in [3.8, 4) is 0 Å². The molecule has 1 aromatic carbocycles. The molecule has 108 valence electrons. The summed E-state index contributed by atoms with van der Waals surface area (Å²) in [5.41, 5.74) is 7.53. The Labute approximate surface area is 126 Å². The van der Waals surface area contributed by atoms with Crippen LogP contribution in [0.2, 0.25) is 0 Å². The van der Waals surface area contributed by atoms with Crippen molar-refractivity contribution in [2.24, 2.45) is 10.9 Å². The van der Waals surface area contributed by atoms with E-state index in [1.54, 1.807) is 0 Å². The van der Waals surface area contributed by atoms with Gasteiger partial charge >= 0.3 is 0 Å². The van der Waals surface area contributed by atoms with Crippen molar-refractivity contribution >= 4 is 27.5 Å². The first-order valence-corrected chi connectivity index (χ1v) is 7.63. The summed E-state index contributed by atoms with van der Waals surface area (Å²) in [4.78, 5) is 2.34. The number of hydrogen-bond donors (Lipinski definition) is 3. The SMILES string of the molecule is N/C(=N/O)c1cc(Br)ccc1N1C2CCC1CC(O)C2. The molecule has 2 aliphatic heterocycles. The van der Waals surface area contributed by atoms with Crippen LogP contribution in [0.1, 0.15) is 31.2 Å². The molecule has 20 heavy (non-hydrogen) atoms. The highest BCUT2D eigenvalue weighted by Crippen LogP contribution is 2.41. The number of amidine groups is 1. The van der Waals surface area contributed by atoms with Gasteiger partial charge < -0.3 is 20.9 Å². The van der Waals surface area contributed by atoms with E-state index >= 15 is 0 Å². The van der Waals surface area contributed by atoms with Crippen molar-refractivity contribution in [2.75, 3.05) is 4.90 Å². The summed E-state index contributed by atoms with van der Waals surface area (Å²) in [5, 5.41) is 22.0. The second-order valence-electron chi connectivity index (χ2n) is 5.56. The topological polar surface area (TPSA) is 82.1 Å². The molecule has 2 aliphatic rings. The number of piperidine rings is 1. The average molecular weight is 340 g/mol. The van der Waals surface area contributed by atoms with Crippen LogP contribution in [0.25, 0.3) is 0 Å². The van der Waals surface area contributed by atoms with Crippen LogP contribution < -0.4 is 10.6 Å². The number of hydrogen-bond acceptors (Lipinski definition) is 4. The Morgan fingerprint density at radius 3 is 2.55 bits per heavy atom. The fourth-order valence-corrected chi connectivity index (χ4v) is 3.90. The number of aliphatic hydroxyl groups excluding tert-OH is 1. The molecule has 5 nitrogen and oxygen atoms in total. The molecule has 2 bridgehead atoms. The van der Waals surface area contributed by atoms with E-state index in [-0.39, 0.29) is 11.9 Å². The smallest absolute Gasteiger partial charge is 0.172 e. The fraction of sp³-hybridized carbons (Fsp3) is 0.500. The first-order valence-electron chi connectivity index (χ1n) is 6.84. The minimum absolute atomic E-state index is 0.117. The average Bonchev–Trinajstić information content (AvgIpc) is 2.70. The van der Waals surface area contributed by atoms with Gasteiger partial charge in [0.05, 0.1) is 6.10 Å². The van der Waals surface area contributed by atoms with Gasteiger partial charge in [-0.2, -0.15) is 0 Å². The number of fused-ring (bicyclic) bond motifs is 2. The van der Waals surface area contributed by atoms with Gasteiger partial charge in [-0.25, -0.2) is 0 Å². The van der Waals surface area contributed by atoms with Gasteiger partial charge in [-0.1, -0.05) is 21.1 Å². The highest BCUT2D eigenvalue weighted by Gasteiger charge is 2.41. The lowest BCUT2D eigenvalue weighted by Crippen LogP contribution is -2.45. The van der Waals surface area contributed by atoms with Crippen molar-refractivity contribution in [3.05, 3.63) is 28.2 Å². The van der Waals surface area contributed by atoms with E-state index in [0.717, 1.165) is 41.4 Å².